The van der Waals surface area contributed by atoms with Crippen molar-refractivity contribution in [2.45, 2.75) is 38.8 Å². The quantitative estimate of drug-likeness (QED) is 0.630. The van der Waals surface area contributed by atoms with Crippen LogP contribution in [0, 0.1) is 6.92 Å². The van der Waals surface area contributed by atoms with Gasteiger partial charge in [-0.1, -0.05) is 0 Å². The van der Waals surface area contributed by atoms with E-state index < -0.39 is 0 Å². The molecule has 2 heterocycles. The van der Waals surface area contributed by atoms with Gasteiger partial charge in [0.05, 0.1) is 6.04 Å². The SMILES string of the molecule is Cc1nc2n(c(=O)c1CCCl)CCCC2NO. The molecule has 2 rings (SSSR count). The molecule has 6 heteroatoms. The van der Waals surface area contributed by atoms with Gasteiger partial charge in [-0.3, -0.25) is 9.36 Å². The van der Waals surface area contributed by atoms with Gasteiger partial charge in [-0.2, -0.15) is 5.48 Å². The molecular weight excluding hydrogens is 242 g/mol. The zero-order valence-electron chi connectivity index (χ0n) is 9.74. The van der Waals surface area contributed by atoms with Crippen molar-refractivity contribution in [2.75, 3.05) is 5.88 Å². The number of fused-ring (bicyclic) bond motifs is 1. The Balaban J connectivity index is 2.55. The van der Waals surface area contributed by atoms with Crippen LogP contribution in [-0.2, 0) is 13.0 Å². The molecule has 1 aliphatic rings. The molecule has 0 saturated carbocycles. The van der Waals surface area contributed by atoms with Crippen LogP contribution < -0.4 is 11.0 Å². The van der Waals surface area contributed by atoms with Gasteiger partial charge >= 0.3 is 0 Å². The van der Waals surface area contributed by atoms with Crippen molar-refractivity contribution < 1.29 is 5.21 Å². The van der Waals surface area contributed by atoms with Crippen LogP contribution in [-0.4, -0.2) is 20.6 Å². The average molecular weight is 258 g/mol. The van der Waals surface area contributed by atoms with Gasteiger partial charge in [0.2, 0.25) is 0 Å². The lowest BCUT2D eigenvalue weighted by atomic mass is 10.1. The number of hydrogen-bond donors (Lipinski definition) is 2. The summed E-state index contributed by atoms with van der Waals surface area (Å²) in [7, 11) is 0. The molecule has 0 aliphatic carbocycles. The van der Waals surface area contributed by atoms with Crippen molar-refractivity contribution in [3.63, 3.8) is 0 Å². The molecule has 0 saturated heterocycles. The number of nitrogens with zero attached hydrogens (tertiary/aromatic N) is 2. The smallest absolute Gasteiger partial charge is 0.257 e. The summed E-state index contributed by atoms with van der Waals surface area (Å²) in [6, 6.07) is -0.250. The summed E-state index contributed by atoms with van der Waals surface area (Å²) in [5.74, 6) is 1.04. The summed E-state index contributed by atoms with van der Waals surface area (Å²) in [6.07, 6.45) is 2.18. The van der Waals surface area contributed by atoms with E-state index in [1.807, 2.05) is 6.92 Å². The van der Waals surface area contributed by atoms with Gasteiger partial charge in [0.25, 0.3) is 5.56 Å². The average Bonchev–Trinajstić information content (AvgIpc) is 2.34. The molecule has 1 unspecified atom stereocenters. The summed E-state index contributed by atoms with van der Waals surface area (Å²) < 4.78 is 1.65. The fourth-order valence-electron chi connectivity index (χ4n) is 2.29. The highest BCUT2D eigenvalue weighted by molar-refractivity contribution is 6.17. The topological polar surface area (TPSA) is 67.2 Å². The summed E-state index contributed by atoms with van der Waals surface area (Å²) >= 11 is 5.69. The molecule has 0 aromatic carbocycles. The van der Waals surface area contributed by atoms with Crippen LogP contribution >= 0.6 is 11.6 Å². The second-order valence-electron chi connectivity index (χ2n) is 4.25. The number of nitrogens with one attached hydrogen (secondary N) is 1. The maximum absolute atomic E-state index is 12.2. The molecule has 0 fully saturated rings. The monoisotopic (exact) mass is 257 g/mol. The molecule has 1 aliphatic heterocycles. The van der Waals surface area contributed by atoms with Gasteiger partial charge in [0.15, 0.2) is 0 Å². The van der Waals surface area contributed by atoms with E-state index in [9.17, 15) is 4.79 Å². The van der Waals surface area contributed by atoms with E-state index in [1.165, 1.54) is 0 Å². The van der Waals surface area contributed by atoms with E-state index in [4.69, 9.17) is 16.8 Å². The molecule has 17 heavy (non-hydrogen) atoms. The Bertz CT molecular complexity index is 473. The molecule has 0 spiro atoms. The zero-order chi connectivity index (χ0) is 12.4. The molecule has 0 amide bonds. The van der Waals surface area contributed by atoms with Crippen LogP contribution in [0.25, 0.3) is 0 Å². The highest BCUT2D eigenvalue weighted by Crippen LogP contribution is 2.22. The summed E-state index contributed by atoms with van der Waals surface area (Å²) in [5, 5.41) is 9.07. The fourth-order valence-corrected chi connectivity index (χ4v) is 2.48. The summed E-state index contributed by atoms with van der Waals surface area (Å²) in [4.78, 5) is 16.7. The maximum atomic E-state index is 12.2. The van der Waals surface area contributed by atoms with Crippen LogP contribution in [0.2, 0.25) is 0 Å². The number of aryl methyl sites for hydroxylation is 1. The van der Waals surface area contributed by atoms with Gasteiger partial charge in [0, 0.05) is 23.7 Å². The lowest BCUT2D eigenvalue weighted by Crippen LogP contribution is -2.37. The largest absolute Gasteiger partial charge is 0.316 e. The van der Waals surface area contributed by atoms with Crippen molar-refractivity contribution >= 4 is 11.6 Å². The molecule has 94 valence electrons. The van der Waals surface area contributed by atoms with Gasteiger partial charge in [0.1, 0.15) is 5.82 Å². The zero-order valence-corrected chi connectivity index (χ0v) is 10.5. The number of halogens is 1. The number of rotatable bonds is 3. The van der Waals surface area contributed by atoms with Gasteiger partial charge in [-0.05, 0) is 26.2 Å². The second-order valence-corrected chi connectivity index (χ2v) is 4.63. The van der Waals surface area contributed by atoms with Gasteiger partial charge in [-0.25, -0.2) is 4.98 Å². The van der Waals surface area contributed by atoms with Crippen molar-refractivity contribution in [3.8, 4) is 0 Å². The Morgan fingerprint density at radius 2 is 2.41 bits per heavy atom. The molecular formula is C11H16ClN3O2. The lowest BCUT2D eigenvalue weighted by molar-refractivity contribution is 0.106. The first kappa shape index (κ1) is 12.5. The Morgan fingerprint density at radius 3 is 3.06 bits per heavy atom. The molecule has 5 nitrogen and oxygen atoms in total. The predicted molar refractivity (Wildman–Crippen MR) is 64.6 cm³/mol. The van der Waals surface area contributed by atoms with Crippen LogP contribution in [0.1, 0.15) is 36.0 Å². The number of hydrogen-bond acceptors (Lipinski definition) is 4. The van der Waals surface area contributed by atoms with Gasteiger partial charge < -0.3 is 5.21 Å². The molecule has 1 atom stereocenters. The Hall–Kier alpha value is -0.910. The third-order valence-electron chi connectivity index (χ3n) is 3.19. The van der Waals surface area contributed by atoms with Crippen molar-refractivity contribution in [3.05, 3.63) is 27.4 Å². The summed E-state index contributed by atoms with van der Waals surface area (Å²) in [5.41, 5.74) is 3.59. The van der Waals surface area contributed by atoms with Crippen LogP contribution in [0.5, 0.6) is 0 Å². The standard InChI is InChI=1S/C11H16ClN3O2/c1-7-8(4-5-12)11(16)15-6-2-3-9(14-17)10(15)13-7/h9,14,17H,2-6H2,1H3. The normalized spacial score (nSPS) is 19.1. The van der Waals surface area contributed by atoms with E-state index >= 15 is 0 Å². The molecule has 0 radical (unpaired) electrons. The lowest BCUT2D eigenvalue weighted by Gasteiger charge is -2.25. The first-order valence-electron chi connectivity index (χ1n) is 5.74. The third-order valence-corrected chi connectivity index (χ3v) is 3.37. The van der Waals surface area contributed by atoms with Crippen molar-refractivity contribution in [1.82, 2.24) is 15.0 Å². The number of hydroxylamine groups is 1. The summed E-state index contributed by atoms with van der Waals surface area (Å²) in [6.45, 7) is 2.47. The number of alkyl halides is 1. The van der Waals surface area contributed by atoms with Gasteiger partial charge in [-0.15, -0.1) is 11.6 Å². The molecule has 1 aromatic heterocycles. The number of aromatic nitrogens is 2. The molecule has 1 aromatic rings. The minimum atomic E-state index is -0.250. The fraction of sp³-hybridized carbons (Fsp3) is 0.636. The van der Waals surface area contributed by atoms with Crippen molar-refractivity contribution in [1.29, 1.82) is 0 Å². The van der Waals surface area contributed by atoms with E-state index in [0.717, 1.165) is 12.8 Å². The van der Waals surface area contributed by atoms with E-state index in [-0.39, 0.29) is 11.6 Å². The highest BCUT2D eigenvalue weighted by atomic mass is 35.5. The van der Waals surface area contributed by atoms with Crippen molar-refractivity contribution in [2.24, 2.45) is 0 Å². The Morgan fingerprint density at radius 1 is 1.65 bits per heavy atom. The van der Waals surface area contributed by atoms with Crippen LogP contribution in [0.3, 0.4) is 0 Å². The highest BCUT2D eigenvalue weighted by Gasteiger charge is 2.24. The van der Waals surface area contributed by atoms with E-state index in [1.54, 1.807) is 4.57 Å². The Kier molecular flexibility index (Phi) is 3.81. The van der Waals surface area contributed by atoms with Crippen LogP contribution in [0.4, 0.5) is 0 Å². The minimum Gasteiger partial charge on any atom is -0.316 e. The third kappa shape index (κ3) is 2.22. The second kappa shape index (κ2) is 5.16. The minimum absolute atomic E-state index is 0.0203. The van der Waals surface area contributed by atoms with E-state index in [0.29, 0.717) is 35.9 Å². The molecule has 0 bridgehead atoms. The first-order valence-corrected chi connectivity index (χ1v) is 6.28. The van der Waals surface area contributed by atoms with Crippen LogP contribution in [0.15, 0.2) is 4.79 Å². The van der Waals surface area contributed by atoms with E-state index in [2.05, 4.69) is 10.5 Å². The molecule has 2 N–H and O–H groups in total. The first-order chi connectivity index (χ1) is 8.19. The predicted octanol–water partition coefficient (Wildman–Crippen LogP) is 1.15. The Labute approximate surface area is 104 Å². The maximum Gasteiger partial charge on any atom is 0.257 e.